The second-order valence-electron chi connectivity index (χ2n) is 6.09. The number of hydrogen-bond donors (Lipinski definition) is 9. The van der Waals surface area contributed by atoms with Crippen molar-refractivity contribution in [2.75, 3.05) is 11.5 Å². The van der Waals surface area contributed by atoms with Gasteiger partial charge in [0.05, 0.1) is 6.10 Å². The van der Waals surface area contributed by atoms with E-state index in [0.717, 1.165) is 0 Å². The molecule has 0 aliphatic rings. The Morgan fingerprint density at radius 3 is 1.72 bits per heavy atom. The Balaban J connectivity index is 5.23. The summed E-state index contributed by atoms with van der Waals surface area (Å²) in [5.41, 5.74) is 5.49. The van der Waals surface area contributed by atoms with Crippen LogP contribution in [0.3, 0.4) is 0 Å². The van der Waals surface area contributed by atoms with Crippen LogP contribution in [0.1, 0.15) is 19.8 Å². The van der Waals surface area contributed by atoms with Crippen LogP contribution in [-0.2, 0) is 24.0 Å². The van der Waals surface area contributed by atoms with Gasteiger partial charge in [0.2, 0.25) is 17.7 Å². The van der Waals surface area contributed by atoms with Crippen LogP contribution in [-0.4, -0.2) is 86.8 Å². The lowest BCUT2D eigenvalue weighted by atomic mass is 10.1. The van der Waals surface area contributed by atoms with Gasteiger partial charge in [0.25, 0.3) is 0 Å². The molecule has 5 atom stereocenters. The zero-order valence-electron chi connectivity index (χ0n) is 15.6. The number of carbonyl (C=O) groups is 5. The Bertz CT molecular complexity index is 619. The van der Waals surface area contributed by atoms with Gasteiger partial charge in [-0.3, -0.25) is 19.2 Å². The molecule has 0 aromatic carbocycles. The SMILES string of the molecule is CC(O)C(N)C(=O)NC(CCC(=O)O)C(=O)NC(CS)C(=O)NC(CS)C(=O)O. The van der Waals surface area contributed by atoms with Crippen molar-refractivity contribution < 1.29 is 39.3 Å². The van der Waals surface area contributed by atoms with Crippen molar-refractivity contribution >= 4 is 54.9 Å². The fourth-order valence-electron chi connectivity index (χ4n) is 1.95. The molecule has 0 aliphatic carbocycles. The molecule has 5 unspecified atom stereocenters. The molecular formula is C15H26N4O8S2. The summed E-state index contributed by atoms with van der Waals surface area (Å²) >= 11 is 7.75. The highest BCUT2D eigenvalue weighted by atomic mass is 32.1. The summed E-state index contributed by atoms with van der Waals surface area (Å²) in [6.45, 7) is 1.26. The maximum atomic E-state index is 12.5. The number of carboxylic acids is 2. The predicted octanol–water partition coefficient (Wildman–Crippen LogP) is -3.04. The van der Waals surface area contributed by atoms with Crippen LogP contribution in [0.5, 0.6) is 0 Å². The molecule has 0 radical (unpaired) electrons. The summed E-state index contributed by atoms with van der Waals surface area (Å²) in [5, 5.41) is 33.8. The Morgan fingerprint density at radius 2 is 1.31 bits per heavy atom. The van der Waals surface area contributed by atoms with E-state index >= 15 is 0 Å². The number of aliphatic carboxylic acids is 2. The van der Waals surface area contributed by atoms with Gasteiger partial charge in [-0.25, -0.2) is 4.79 Å². The van der Waals surface area contributed by atoms with E-state index in [4.69, 9.17) is 15.9 Å². The van der Waals surface area contributed by atoms with Crippen molar-refractivity contribution in [3.8, 4) is 0 Å². The topological polar surface area (TPSA) is 208 Å². The number of carboxylic acid groups (broad SMARTS) is 2. The lowest BCUT2D eigenvalue weighted by molar-refractivity contribution is -0.141. The molecule has 166 valence electrons. The molecule has 0 saturated heterocycles. The molecule has 8 N–H and O–H groups in total. The van der Waals surface area contributed by atoms with Crippen molar-refractivity contribution in [2.45, 2.75) is 50.0 Å². The highest BCUT2D eigenvalue weighted by Gasteiger charge is 2.30. The number of aliphatic hydroxyl groups is 1. The van der Waals surface area contributed by atoms with E-state index < -0.39 is 66.4 Å². The summed E-state index contributed by atoms with van der Waals surface area (Å²) in [4.78, 5) is 58.5. The van der Waals surface area contributed by atoms with Gasteiger partial charge in [0, 0.05) is 17.9 Å². The zero-order valence-corrected chi connectivity index (χ0v) is 17.4. The molecule has 29 heavy (non-hydrogen) atoms. The van der Waals surface area contributed by atoms with Gasteiger partial charge in [-0.2, -0.15) is 25.3 Å². The molecule has 0 fully saturated rings. The predicted molar refractivity (Wildman–Crippen MR) is 108 cm³/mol. The second kappa shape index (κ2) is 13.2. The van der Waals surface area contributed by atoms with Gasteiger partial charge in [-0.15, -0.1) is 0 Å². The van der Waals surface area contributed by atoms with Gasteiger partial charge >= 0.3 is 11.9 Å². The summed E-state index contributed by atoms with van der Waals surface area (Å²) in [5.74, 6) is -5.58. The molecule has 3 amide bonds. The number of rotatable bonds is 13. The number of nitrogens with one attached hydrogen (secondary N) is 3. The number of thiol groups is 2. The third-order valence-corrected chi connectivity index (χ3v) is 4.45. The zero-order chi connectivity index (χ0) is 22.7. The van der Waals surface area contributed by atoms with Crippen molar-refractivity contribution in [1.29, 1.82) is 0 Å². The third kappa shape index (κ3) is 9.83. The largest absolute Gasteiger partial charge is 0.481 e. The molecule has 0 aliphatic heterocycles. The van der Waals surface area contributed by atoms with Crippen LogP contribution in [0.4, 0.5) is 0 Å². The summed E-state index contributed by atoms with van der Waals surface area (Å²) in [6.07, 6.45) is -2.00. The molecule has 0 saturated carbocycles. The first kappa shape index (κ1) is 27.0. The molecule has 0 bridgehead atoms. The van der Waals surface area contributed by atoms with Gasteiger partial charge in [0.1, 0.15) is 24.2 Å². The molecular weight excluding hydrogens is 428 g/mol. The van der Waals surface area contributed by atoms with Gasteiger partial charge in [-0.1, -0.05) is 0 Å². The minimum atomic E-state index is -1.36. The normalized spacial score (nSPS) is 15.9. The lowest BCUT2D eigenvalue weighted by Gasteiger charge is -2.24. The van der Waals surface area contributed by atoms with Gasteiger partial charge in [-0.05, 0) is 13.3 Å². The standard InChI is InChI=1S/C15H26N4O8S2/c1-6(20)11(16)14(25)17-7(2-3-10(21)22)12(23)18-8(4-28)13(24)19-9(5-29)15(26)27/h6-9,11,20,28-29H,2-5,16H2,1H3,(H,17,25)(H,18,23)(H,19,24)(H,21,22)(H,26,27). The number of amides is 3. The van der Waals surface area contributed by atoms with Crippen LogP contribution in [0, 0.1) is 0 Å². The monoisotopic (exact) mass is 454 g/mol. The number of aliphatic hydroxyl groups excluding tert-OH is 1. The average molecular weight is 455 g/mol. The molecule has 0 heterocycles. The highest BCUT2D eigenvalue weighted by molar-refractivity contribution is 7.80. The van der Waals surface area contributed by atoms with E-state index in [1.165, 1.54) is 6.92 Å². The number of carbonyl (C=O) groups excluding carboxylic acids is 3. The lowest BCUT2D eigenvalue weighted by Crippen LogP contribution is -2.58. The Hall–Kier alpha value is -2.03. The number of nitrogens with two attached hydrogens (primary N) is 1. The first-order valence-electron chi connectivity index (χ1n) is 8.45. The van der Waals surface area contributed by atoms with E-state index in [1.54, 1.807) is 0 Å². The molecule has 12 nitrogen and oxygen atoms in total. The maximum absolute atomic E-state index is 12.5. The minimum absolute atomic E-state index is 0.192. The fourth-order valence-corrected chi connectivity index (χ4v) is 2.45. The van der Waals surface area contributed by atoms with E-state index in [1.807, 2.05) is 0 Å². The maximum Gasteiger partial charge on any atom is 0.327 e. The Labute approximate surface area is 177 Å². The smallest absolute Gasteiger partial charge is 0.327 e. The van der Waals surface area contributed by atoms with E-state index in [9.17, 15) is 29.1 Å². The first-order valence-corrected chi connectivity index (χ1v) is 9.72. The first-order chi connectivity index (χ1) is 13.4. The molecule has 0 aromatic rings. The summed E-state index contributed by atoms with van der Waals surface area (Å²) < 4.78 is 0. The van der Waals surface area contributed by atoms with Crippen molar-refractivity contribution in [2.24, 2.45) is 5.73 Å². The molecule has 14 heteroatoms. The fraction of sp³-hybridized carbons (Fsp3) is 0.667. The van der Waals surface area contributed by atoms with Crippen molar-refractivity contribution in [3.63, 3.8) is 0 Å². The second-order valence-corrected chi connectivity index (χ2v) is 6.82. The van der Waals surface area contributed by atoms with Crippen LogP contribution >= 0.6 is 25.3 Å². The number of hydrogen-bond acceptors (Lipinski definition) is 9. The van der Waals surface area contributed by atoms with Crippen molar-refractivity contribution in [3.05, 3.63) is 0 Å². The van der Waals surface area contributed by atoms with E-state index in [0.29, 0.717) is 0 Å². The molecule has 0 aromatic heterocycles. The van der Waals surface area contributed by atoms with Crippen molar-refractivity contribution in [1.82, 2.24) is 16.0 Å². The van der Waals surface area contributed by atoms with Crippen LogP contribution in [0.15, 0.2) is 0 Å². The van der Waals surface area contributed by atoms with Crippen LogP contribution in [0.25, 0.3) is 0 Å². The van der Waals surface area contributed by atoms with Gasteiger partial charge < -0.3 is 37.0 Å². The Kier molecular flexibility index (Phi) is 12.3. The molecule has 0 spiro atoms. The highest BCUT2D eigenvalue weighted by Crippen LogP contribution is 2.02. The third-order valence-electron chi connectivity index (χ3n) is 3.72. The van der Waals surface area contributed by atoms with Crippen LogP contribution < -0.4 is 21.7 Å². The van der Waals surface area contributed by atoms with Crippen LogP contribution in [0.2, 0.25) is 0 Å². The summed E-state index contributed by atoms with van der Waals surface area (Å²) in [7, 11) is 0. The minimum Gasteiger partial charge on any atom is -0.481 e. The average Bonchev–Trinajstić information content (AvgIpc) is 2.65. The van der Waals surface area contributed by atoms with E-state index in [2.05, 4.69) is 41.2 Å². The quantitative estimate of drug-likeness (QED) is 0.129. The Morgan fingerprint density at radius 1 is 0.862 bits per heavy atom. The molecule has 0 rings (SSSR count). The summed E-state index contributed by atoms with van der Waals surface area (Å²) in [6, 6.07) is -5.27. The van der Waals surface area contributed by atoms with Gasteiger partial charge in [0.15, 0.2) is 0 Å². The van der Waals surface area contributed by atoms with E-state index in [-0.39, 0.29) is 17.9 Å².